The Morgan fingerprint density at radius 1 is 1.00 bits per heavy atom. The highest BCUT2D eigenvalue weighted by Gasteiger charge is 2.09. The Kier molecular flexibility index (Phi) is 6.10. The molecule has 1 atom stereocenters. The van der Waals surface area contributed by atoms with E-state index in [9.17, 15) is 0 Å². The van der Waals surface area contributed by atoms with E-state index in [0.717, 1.165) is 24.4 Å². The predicted molar refractivity (Wildman–Crippen MR) is 87.2 cm³/mol. The van der Waals surface area contributed by atoms with E-state index in [2.05, 4.69) is 54.7 Å². The highest BCUT2D eigenvalue weighted by Crippen LogP contribution is 2.21. The molecule has 0 radical (unpaired) electrons. The van der Waals surface area contributed by atoms with Crippen LogP contribution in [0.1, 0.15) is 36.9 Å². The van der Waals surface area contributed by atoms with Crippen molar-refractivity contribution in [3.05, 3.63) is 70.7 Å². The molecule has 0 bridgehead atoms. The average Bonchev–Trinajstić information content (AvgIpc) is 2.48. The van der Waals surface area contributed by atoms with Crippen molar-refractivity contribution in [1.29, 1.82) is 0 Å². The van der Waals surface area contributed by atoms with Crippen molar-refractivity contribution in [3.63, 3.8) is 0 Å². The lowest BCUT2D eigenvalue weighted by Crippen LogP contribution is -2.21. The van der Waals surface area contributed by atoms with Gasteiger partial charge in [0.2, 0.25) is 0 Å². The van der Waals surface area contributed by atoms with Crippen LogP contribution in [-0.4, -0.2) is 6.54 Å². The van der Waals surface area contributed by atoms with E-state index in [1.54, 1.807) is 0 Å². The molecular formula is C18H22ClN. The molecule has 1 unspecified atom stereocenters. The summed E-state index contributed by atoms with van der Waals surface area (Å²) in [5.74, 6) is 0. The number of hydrogen-bond donors (Lipinski definition) is 1. The molecule has 1 nitrogen and oxygen atoms in total. The van der Waals surface area contributed by atoms with Gasteiger partial charge < -0.3 is 5.32 Å². The summed E-state index contributed by atoms with van der Waals surface area (Å²) in [6, 6.07) is 19.3. The Morgan fingerprint density at radius 3 is 2.35 bits per heavy atom. The zero-order valence-corrected chi connectivity index (χ0v) is 12.7. The van der Waals surface area contributed by atoms with Crippen molar-refractivity contribution >= 4 is 11.6 Å². The minimum atomic E-state index is 0.418. The van der Waals surface area contributed by atoms with E-state index in [4.69, 9.17) is 11.6 Å². The van der Waals surface area contributed by atoms with Crippen LogP contribution in [0.25, 0.3) is 0 Å². The summed E-state index contributed by atoms with van der Waals surface area (Å²) in [4.78, 5) is 0. The first-order valence-corrected chi connectivity index (χ1v) is 7.70. The van der Waals surface area contributed by atoms with Gasteiger partial charge in [-0.3, -0.25) is 0 Å². The summed E-state index contributed by atoms with van der Waals surface area (Å²) in [6.07, 6.45) is 3.46. The number of benzene rings is 2. The van der Waals surface area contributed by atoms with Crippen molar-refractivity contribution < 1.29 is 0 Å². The lowest BCUT2D eigenvalue weighted by Gasteiger charge is -2.18. The van der Waals surface area contributed by atoms with Crippen LogP contribution in [0, 0.1) is 0 Å². The smallest absolute Gasteiger partial charge is 0.0406 e. The molecule has 0 aliphatic rings. The summed E-state index contributed by atoms with van der Waals surface area (Å²) < 4.78 is 0. The van der Waals surface area contributed by atoms with Crippen LogP contribution in [0.4, 0.5) is 0 Å². The van der Waals surface area contributed by atoms with Gasteiger partial charge in [0.25, 0.3) is 0 Å². The molecule has 0 fully saturated rings. The first-order valence-electron chi connectivity index (χ1n) is 7.32. The van der Waals surface area contributed by atoms with E-state index in [-0.39, 0.29) is 0 Å². The number of rotatable bonds is 7. The van der Waals surface area contributed by atoms with Crippen LogP contribution in [0.2, 0.25) is 5.02 Å². The Hall–Kier alpha value is -1.31. The first kappa shape index (κ1) is 15.1. The number of halogens is 1. The van der Waals surface area contributed by atoms with Crippen molar-refractivity contribution in [2.45, 2.75) is 32.2 Å². The SMILES string of the molecule is CCNC(CCCc1ccccc1)c1ccc(Cl)cc1. The van der Waals surface area contributed by atoms with E-state index in [1.165, 1.54) is 17.5 Å². The molecule has 0 aliphatic carbocycles. The fourth-order valence-electron chi connectivity index (χ4n) is 2.48. The second kappa shape index (κ2) is 8.08. The molecule has 2 aromatic carbocycles. The third kappa shape index (κ3) is 4.66. The zero-order valence-electron chi connectivity index (χ0n) is 12.0. The van der Waals surface area contributed by atoms with Gasteiger partial charge in [-0.2, -0.15) is 0 Å². The van der Waals surface area contributed by atoms with Crippen molar-refractivity contribution in [1.82, 2.24) is 5.32 Å². The zero-order chi connectivity index (χ0) is 14.2. The van der Waals surface area contributed by atoms with Gasteiger partial charge in [0.15, 0.2) is 0 Å². The Bertz CT molecular complexity index is 493. The minimum Gasteiger partial charge on any atom is -0.310 e. The quantitative estimate of drug-likeness (QED) is 0.754. The maximum absolute atomic E-state index is 5.96. The molecule has 0 aromatic heterocycles. The number of nitrogens with one attached hydrogen (secondary N) is 1. The molecule has 20 heavy (non-hydrogen) atoms. The maximum atomic E-state index is 5.96. The molecule has 106 valence electrons. The van der Waals surface area contributed by atoms with E-state index < -0.39 is 0 Å². The van der Waals surface area contributed by atoms with Gasteiger partial charge in [0.1, 0.15) is 0 Å². The predicted octanol–water partition coefficient (Wildman–Crippen LogP) is 5.01. The highest BCUT2D eigenvalue weighted by atomic mass is 35.5. The normalized spacial score (nSPS) is 12.3. The standard InChI is InChI=1S/C18H22ClN/c1-2-20-18(16-11-13-17(19)14-12-16)10-6-9-15-7-4-3-5-8-15/h3-5,7-8,11-14,18,20H,2,6,9-10H2,1H3. The lowest BCUT2D eigenvalue weighted by molar-refractivity contribution is 0.498. The molecule has 2 rings (SSSR count). The van der Waals surface area contributed by atoms with Crippen LogP contribution in [0.5, 0.6) is 0 Å². The van der Waals surface area contributed by atoms with Gasteiger partial charge in [0.05, 0.1) is 0 Å². The molecule has 0 saturated heterocycles. The molecule has 0 aliphatic heterocycles. The molecule has 2 heteroatoms. The lowest BCUT2D eigenvalue weighted by atomic mass is 9.99. The molecule has 0 amide bonds. The molecule has 0 spiro atoms. The van der Waals surface area contributed by atoms with Crippen molar-refractivity contribution in [2.24, 2.45) is 0 Å². The van der Waals surface area contributed by atoms with Crippen molar-refractivity contribution in [3.8, 4) is 0 Å². The second-order valence-electron chi connectivity index (χ2n) is 5.04. The number of aryl methyl sites for hydroxylation is 1. The average molecular weight is 288 g/mol. The minimum absolute atomic E-state index is 0.418. The van der Waals surface area contributed by atoms with Crippen LogP contribution < -0.4 is 5.32 Å². The fourth-order valence-corrected chi connectivity index (χ4v) is 2.61. The van der Waals surface area contributed by atoms with Crippen LogP contribution in [0.3, 0.4) is 0 Å². The Labute approximate surface area is 127 Å². The monoisotopic (exact) mass is 287 g/mol. The summed E-state index contributed by atoms with van der Waals surface area (Å²) >= 11 is 5.96. The fraction of sp³-hybridized carbons (Fsp3) is 0.333. The largest absolute Gasteiger partial charge is 0.310 e. The highest BCUT2D eigenvalue weighted by molar-refractivity contribution is 6.30. The summed E-state index contributed by atoms with van der Waals surface area (Å²) in [6.45, 7) is 3.14. The molecule has 1 N–H and O–H groups in total. The Morgan fingerprint density at radius 2 is 1.70 bits per heavy atom. The van der Waals surface area contributed by atoms with Gasteiger partial charge in [-0.25, -0.2) is 0 Å². The van der Waals surface area contributed by atoms with Gasteiger partial charge in [-0.1, -0.05) is 61.0 Å². The van der Waals surface area contributed by atoms with Gasteiger partial charge in [0, 0.05) is 11.1 Å². The van der Waals surface area contributed by atoms with Gasteiger partial charge >= 0.3 is 0 Å². The van der Waals surface area contributed by atoms with E-state index >= 15 is 0 Å². The Balaban J connectivity index is 1.90. The molecule has 0 heterocycles. The molecule has 2 aromatic rings. The van der Waals surface area contributed by atoms with Gasteiger partial charge in [-0.15, -0.1) is 0 Å². The van der Waals surface area contributed by atoms with Crippen LogP contribution in [-0.2, 0) is 6.42 Å². The summed E-state index contributed by atoms with van der Waals surface area (Å²) in [7, 11) is 0. The maximum Gasteiger partial charge on any atom is 0.0406 e. The summed E-state index contributed by atoms with van der Waals surface area (Å²) in [5.41, 5.74) is 2.74. The van der Waals surface area contributed by atoms with E-state index in [1.807, 2.05) is 12.1 Å². The third-order valence-corrected chi connectivity index (χ3v) is 3.78. The summed E-state index contributed by atoms with van der Waals surface area (Å²) in [5, 5.41) is 4.36. The first-order chi connectivity index (χ1) is 9.79. The van der Waals surface area contributed by atoms with E-state index in [0.29, 0.717) is 6.04 Å². The second-order valence-corrected chi connectivity index (χ2v) is 5.48. The van der Waals surface area contributed by atoms with Crippen LogP contribution >= 0.6 is 11.6 Å². The topological polar surface area (TPSA) is 12.0 Å². The van der Waals surface area contributed by atoms with Gasteiger partial charge in [-0.05, 0) is 49.1 Å². The van der Waals surface area contributed by atoms with Crippen molar-refractivity contribution in [2.75, 3.05) is 6.54 Å². The van der Waals surface area contributed by atoms with Crippen LogP contribution in [0.15, 0.2) is 54.6 Å². The number of hydrogen-bond acceptors (Lipinski definition) is 1. The molecule has 0 saturated carbocycles. The molecular weight excluding hydrogens is 266 g/mol. The third-order valence-electron chi connectivity index (χ3n) is 3.52.